The highest BCUT2D eigenvalue weighted by Gasteiger charge is 2.16. The second-order valence-corrected chi connectivity index (χ2v) is 6.29. The third-order valence-corrected chi connectivity index (χ3v) is 4.41. The van der Waals surface area contributed by atoms with Crippen molar-refractivity contribution in [2.24, 2.45) is 0 Å². The molecule has 1 heterocycles. The number of hydrogen-bond acceptors (Lipinski definition) is 3. The Bertz CT molecular complexity index is 785. The van der Waals surface area contributed by atoms with Crippen molar-refractivity contribution in [2.75, 3.05) is 12.0 Å². The Hall–Kier alpha value is -2.27. The van der Waals surface area contributed by atoms with Gasteiger partial charge in [0.1, 0.15) is 0 Å². The van der Waals surface area contributed by atoms with Crippen LogP contribution in [0.1, 0.15) is 17.3 Å². The molecule has 1 amide bonds. The summed E-state index contributed by atoms with van der Waals surface area (Å²) in [5.74, 6) is 0.849. The number of thioether (sulfide) groups is 1. The van der Waals surface area contributed by atoms with Gasteiger partial charge in [0.2, 0.25) is 5.91 Å². The Morgan fingerprint density at radius 3 is 2.70 bits per heavy atom. The molecular weight excluding hydrogens is 306 g/mol. The maximum absolute atomic E-state index is 12.4. The average Bonchev–Trinajstić information content (AvgIpc) is 2.98. The lowest BCUT2D eigenvalue weighted by atomic mass is 10.1. The first kappa shape index (κ1) is 15.6. The maximum atomic E-state index is 12.4. The van der Waals surface area contributed by atoms with Crippen LogP contribution < -0.4 is 5.32 Å². The van der Waals surface area contributed by atoms with E-state index < -0.39 is 0 Å². The number of carbonyl (C=O) groups is 1. The van der Waals surface area contributed by atoms with Gasteiger partial charge in [0, 0.05) is 11.1 Å². The number of rotatable bonds is 6. The van der Waals surface area contributed by atoms with Crippen LogP contribution in [-0.4, -0.2) is 28.1 Å². The van der Waals surface area contributed by atoms with E-state index >= 15 is 0 Å². The standard InChI is InChI=1S/C18H19N3OS/c1-23-12-17(13-7-3-2-4-8-13)19-18(22)11-16-14-9-5-6-10-15(14)20-21-16/h2-10,17H,11-12H2,1H3,(H,19,22)(H,20,21). The molecule has 3 aromatic rings. The van der Waals surface area contributed by atoms with E-state index in [1.807, 2.05) is 60.9 Å². The molecule has 1 aromatic heterocycles. The van der Waals surface area contributed by atoms with Crippen molar-refractivity contribution in [2.45, 2.75) is 12.5 Å². The molecule has 1 atom stereocenters. The van der Waals surface area contributed by atoms with Gasteiger partial charge in [0.05, 0.1) is 23.7 Å². The van der Waals surface area contributed by atoms with Crippen molar-refractivity contribution in [3.63, 3.8) is 0 Å². The highest BCUT2D eigenvalue weighted by molar-refractivity contribution is 7.98. The molecule has 0 saturated heterocycles. The third-order valence-electron chi connectivity index (χ3n) is 3.75. The first-order valence-corrected chi connectivity index (χ1v) is 8.92. The van der Waals surface area contributed by atoms with Gasteiger partial charge in [-0.2, -0.15) is 16.9 Å². The molecule has 0 spiro atoms. The molecule has 4 nitrogen and oxygen atoms in total. The van der Waals surface area contributed by atoms with Gasteiger partial charge in [0.15, 0.2) is 0 Å². The van der Waals surface area contributed by atoms with E-state index in [4.69, 9.17) is 0 Å². The lowest BCUT2D eigenvalue weighted by molar-refractivity contribution is -0.121. The summed E-state index contributed by atoms with van der Waals surface area (Å²) in [5.41, 5.74) is 2.87. The minimum atomic E-state index is 0.00214. The Kier molecular flexibility index (Phi) is 4.98. The van der Waals surface area contributed by atoms with Crippen LogP contribution in [0.2, 0.25) is 0 Å². The molecule has 2 N–H and O–H groups in total. The zero-order chi connectivity index (χ0) is 16.1. The van der Waals surface area contributed by atoms with Crippen molar-refractivity contribution in [1.82, 2.24) is 15.5 Å². The molecule has 0 bridgehead atoms. The van der Waals surface area contributed by atoms with Crippen molar-refractivity contribution >= 4 is 28.6 Å². The van der Waals surface area contributed by atoms with Crippen LogP contribution in [0.15, 0.2) is 54.6 Å². The van der Waals surface area contributed by atoms with E-state index in [2.05, 4.69) is 15.5 Å². The molecule has 0 saturated carbocycles. The van der Waals surface area contributed by atoms with Gasteiger partial charge >= 0.3 is 0 Å². The number of fused-ring (bicyclic) bond motifs is 1. The Balaban J connectivity index is 1.72. The lowest BCUT2D eigenvalue weighted by Crippen LogP contribution is -2.31. The summed E-state index contributed by atoms with van der Waals surface area (Å²) in [6.45, 7) is 0. The van der Waals surface area contributed by atoms with Gasteiger partial charge in [-0.3, -0.25) is 9.89 Å². The minimum absolute atomic E-state index is 0.00214. The van der Waals surface area contributed by atoms with Gasteiger partial charge in [0.25, 0.3) is 0 Å². The van der Waals surface area contributed by atoms with E-state index in [-0.39, 0.29) is 11.9 Å². The average molecular weight is 325 g/mol. The number of hydrogen-bond donors (Lipinski definition) is 2. The first-order valence-electron chi connectivity index (χ1n) is 7.53. The largest absolute Gasteiger partial charge is 0.348 e. The number of amides is 1. The highest BCUT2D eigenvalue weighted by Crippen LogP contribution is 2.19. The second kappa shape index (κ2) is 7.33. The van der Waals surface area contributed by atoms with Crippen LogP contribution in [-0.2, 0) is 11.2 Å². The van der Waals surface area contributed by atoms with Crippen molar-refractivity contribution in [1.29, 1.82) is 0 Å². The smallest absolute Gasteiger partial charge is 0.226 e. The van der Waals surface area contributed by atoms with Gasteiger partial charge < -0.3 is 5.32 Å². The van der Waals surface area contributed by atoms with E-state index in [0.717, 1.165) is 27.9 Å². The van der Waals surface area contributed by atoms with E-state index in [9.17, 15) is 4.79 Å². The molecule has 3 rings (SSSR count). The highest BCUT2D eigenvalue weighted by atomic mass is 32.2. The molecule has 23 heavy (non-hydrogen) atoms. The van der Waals surface area contributed by atoms with Gasteiger partial charge in [-0.15, -0.1) is 0 Å². The fourth-order valence-corrected chi connectivity index (χ4v) is 3.24. The zero-order valence-electron chi connectivity index (χ0n) is 13.0. The maximum Gasteiger partial charge on any atom is 0.226 e. The number of benzene rings is 2. The number of H-pyrrole nitrogens is 1. The summed E-state index contributed by atoms with van der Waals surface area (Å²) in [6.07, 6.45) is 2.35. The molecule has 5 heteroatoms. The first-order chi connectivity index (χ1) is 11.3. The van der Waals surface area contributed by atoms with Crippen LogP contribution in [0.5, 0.6) is 0 Å². The SMILES string of the molecule is CSCC(NC(=O)Cc1[nH]nc2ccccc12)c1ccccc1. The molecule has 0 radical (unpaired) electrons. The summed E-state index contributed by atoms with van der Waals surface area (Å²) < 4.78 is 0. The predicted octanol–water partition coefficient (Wildman–Crippen LogP) is 3.33. The summed E-state index contributed by atoms with van der Waals surface area (Å²) in [4.78, 5) is 12.4. The lowest BCUT2D eigenvalue weighted by Gasteiger charge is -2.18. The topological polar surface area (TPSA) is 57.8 Å². The van der Waals surface area contributed by atoms with Gasteiger partial charge in [-0.05, 0) is 17.9 Å². The molecule has 0 aliphatic heterocycles. The van der Waals surface area contributed by atoms with Crippen LogP contribution in [0.3, 0.4) is 0 Å². The van der Waals surface area contributed by atoms with Crippen molar-refractivity contribution in [3.05, 3.63) is 65.9 Å². The fourth-order valence-electron chi connectivity index (χ4n) is 2.63. The molecule has 0 aliphatic carbocycles. The van der Waals surface area contributed by atoms with Gasteiger partial charge in [-0.25, -0.2) is 0 Å². The number of nitrogens with one attached hydrogen (secondary N) is 2. The van der Waals surface area contributed by atoms with Crippen molar-refractivity contribution < 1.29 is 4.79 Å². The number of aromatic amines is 1. The third kappa shape index (κ3) is 3.74. The monoisotopic (exact) mass is 325 g/mol. The molecular formula is C18H19N3OS. The van der Waals surface area contributed by atoms with E-state index in [1.54, 1.807) is 11.8 Å². The second-order valence-electron chi connectivity index (χ2n) is 5.38. The quantitative estimate of drug-likeness (QED) is 0.731. The summed E-state index contributed by atoms with van der Waals surface area (Å²) >= 11 is 1.72. The Morgan fingerprint density at radius 2 is 1.91 bits per heavy atom. The summed E-state index contributed by atoms with van der Waals surface area (Å²) in [7, 11) is 0. The Morgan fingerprint density at radius 1 is 1.17 bits per heavy atom. The molecule has 1 unspecified atom stereocenters. The van der Waals surface area contributed by atoms with Crippen LogP contribution in [0.25, 0.3) is 10.9 Å². The number of aromatic nitrogens is 2. The molecule has 2 aromatic carbocycles. The predicted molar refractivity (Wildman–Crippen MR) is 95.5 cm³/mol. The zero-order valence-corrected chi connectivity index (χ0v) is 13.8. The van der Waals surface area contributed by atoms with Crippen LogP contribution >= 0.6 is 11.8 Å². The Labute approximate surface area is 139 Å². The van der Waals surface area contributed by atoms with Crippen LogP contribution in [0, 0.1) is 0 Å². The summed E-state index contributed by atoms with van der Waals surface area (Å²) in [5, 5.41) is 11.3. The van der Waals surface area contributed by atoms with Crippen LogP contribution in [0.4, 0.5) is 0 Å². The number of carbonyl (C=O) groups excluding carboxylic acids is 1. The number of nitrogens with zero attached hydrogens (tertiary/aromatic N) is 1. The molecule has 118 valence electrons. The van der Waals surface area contributed by atoms with E-state index in [0.29, 0.717) is 6.42 Å². The number of para-hydroxylation sites is 1. The van der Waals surface area contributed by atoms with E-state index in [1.165, 1.54) is 0 Å². The molecule has 0 aliphatic rings. The normalized spacial score (nSPS) is 12.2. The van der Waals surface area contributed by atoms with Crippen molar-refractivity contribution in [3.8, 4) is 0 Å². The molecule has 0 fully saturated rings. The minimum Gasteiger partial charge on any atom is -0.348 e. The van der Waals surface area contributed by atoms with Gasteiger partial charge in [-0.1, -0.05) is 48.5 Å². The summed E-state index contributed by atoms with van der Waals surface area (Å²) in [6, 6.07) is 17.9. The fraction of sp³-hybridized carbons (Fsp3) is 0.222.